The SMILES string of the molecule is O=[C-]N[C@@H](Cc1ccc(-c2ccccc2)cc1)C(=O)O.[Fm]. The number of benzene rings is 2. The number of nitrogens with one attached hydrogen (secondary N) is 1. The number of aliphatic carboxylic acids is 1. The van der Waals surface area contributed by atoms with Gasteiger partial charge in [0, 0.05) is 6.42 Å². The van der Waals surface area contributed by atoms with E-state index in [2.05, 4.69) is 5.32 Å². The van der Waals surface area contributed by atoms with Crippen LogP contribution in [0.1, 0.15) is 5.56 Å². The second-order valence-electron chi connectivity index (χ2n) is 4.40. The Morgan fingerprint density at radius 1 is 1.05 bits per heavy atom. The maximum atomic E-state index is 10.9. The molecule has 0 aromatic heterocycles. The molecule has 0 spiro atoms. The number of carbonyl (C=O) groups excluding carboxylic acids is 1. The molecular weight excluding hydrogens is 511 g/mol. The Labute approximate surface area is 117 Å². The maximum Gasteiger partial charge on any atom is 0.323 e. The minimum absolute atomic E-state index is 0. The van der Waals surface area contributed by atoms with Gasteiger partial charge in [0.2, 0.25) is 0 Å². The van der Waals surface area contributed by atoms with E-state index in [0.29, 0.717) is 0 Å². The molecule has 2 N–H and O–H groups in total. The molecule has 0 saturated carbocycles. The molecule has 21 heavy (non-hydrogen) atoms. The van der Waals surface area contributed by atoms with Crippen molar-refractivity contribution >= 4 is 12.4 Å². The topological polar surface area (TPSA) is 66.4 Å². The summed E-state index contributed by atoms with van der Waals surface area (Å²) in [5.74, 6) is -1.07. The first-order valence-electron chi connectivity index (χ1n) is 6.20. The van der Waals surface area contributed by atoms with E-state index in [4.69, 9.17) is 5.11 Å². The molecule has 1 atom stereocenters. The minimum atomic E-state index is -1.07. The first kappa shape index (κ1) is 15.4. The molecule has 0 aliphatic carbocycles. The zero-order chi connectivity index (χ0) is 14.4. The van der Waals surface area contributed by atoms with Crippen molar-refractivity contribution in [2.45, 2.75) is 12.5 Å². The summed E-state index contributed by atoms with van der Waals surface area (Å²) in [6, 6.07) is 16.6. The van der Waals surface area contributed by atoms with Crippen molar-refractivity contribution < 1.29 is 14.7 Å². The third kappa shape index (κ3) is 3.92. The first-order valence-corrected chi connectivity index (χ1v) is 6.20. The van der Waals surface area contributed by atoms with Gasteiger partial charge in [-0.15, -0.1) is 0 Å². The molecule has 0 saturated heterocycles. The van der Waals surface area contributed by atoms with Gasteiger partial charge in [0.1, 0.15) is 6.04 Å². The van der Waals surface area contributed by atoms with Crippen LogP contribution < -0.4 is 5.32 Å². The van der Waals surface area contributed by atoms with Gasteiger partial charge in [-0.05, 0) is 16.7 Å². The predicted molar refractivity (Wildman–Crippen MR) is 75.8 cm³/mol. The van der Waals surface area contributed by atoms with Crippen LogP contribution in [0.25, 0.3) is 11.1 Å². The molecule has 0 heterocycles. The van der Waals surface area contributed by atoms with E-state index in [-0.39, 0.29) is 6.42 Å². The van der Waals surface area contributed by atoms with Crippen LogP contribution in [0.3, 0.4) is 0 Å². The van der Waals surface area contributed by atoms with Crippen molar-refractivity contribution in [3.05, 3.63) is 60.2 Å². The van der Waals surface area contributed by atoms with Gasteiger partial charge in [-0.25, -0.2) is 0 Å². The first-order chi connectivity index (χ1) is 9.70. The second kappa shape index (κ2) is 7.09. The van der Waals surface area contributed by atoms with E-state index in [1.807, 2.05) is 54.6 Å². The van der Waals surface area contributed by atoms with Crippen molar-refractivity contribution in [3.63, 3.8) is 0 Å². The summed E-state index contributed by atoms with van der Waals surface area (Å²) in [6.45, 7) is 0. The summed E-state index contributed by atoms with van der Waals surface area (Å²) >= 11 is 0. The van der Waals surface area contributed by atoms with Gasteiger partial charge >= 0.3 is 5.97 Å². The third-order valence-electron chi connectivity index (χ3n) is 3.03. The number of hydrogen-bond acceptors (Lipinski definition) is 2. The molecule has 0 unspecified atom stereocenters. The molecule has 2 rings (SSSR count). The summed E-state index contributed by atoms with van der Waals surface area (Å²) in [6.07, 6.45) is 1.66. The predicted octanol–water partition coefficient (Wildman–Crippen LogP) is 2.01. The van der Waals surface area contributed by atoms with E-state index < -0.39 is 12.0 Å². The molecule has 2 aromatic rings. The fraction of sp³-hybridized carbons (Fsp3) is 0.125. The molecular formula is C16H14FmNO3-. The Kier molecular flexibility index (Phi) is 5.21. The molecule has 114 valence electrons. The molecule has 0 fully saturated rings. The van der Waals surface area contributed by atoms with Crippen molar-refractivity contribution in [3.8, 4) is 11.1 Å². The van der Waals surface area contributed by atoms with Gasteiger partial charge in [-0.3, -0.25) is 4.79 Å². The molecule has 1 amide bonds. The normalized spacial score (nSPS) is 11.0. The van der Waals surface area contributed by atoms with Crippen LogP contribution in [-0.2, 0) is 16.0 Å². The van der Waals surface area contributed by atoms with Crippen molar-refractivity contribution in [1.82, 2.24) is 5.32 Å². The van der Waals surface area contributed by atoms with E-state index in [1.165, 1.54) is 6.41 Å². The number of amides is 1. The summed E-state index contributed by atoms with van der Waals surface area (Å²) in [5.41, 5.74) is 3.02. The van der Waals surface area contributed by atoms with E-state index in [1.54, 1.807) is 0 Å². The molecule has 0 aliphatic heterocycles. The van der Waals surface area contributed by atoms with Crippen molar-refractivity contribution in [2.75, 3.05) is 0 Å². The quantitative estimate of drug-likeness (QED) is 0.448. The Balaban J connectivity index is 0.00000220. The average molecular weight is 525 g/mol. The fourth-order valence-corrected chi connectivity index (χ4v) is 1.97. The van der Waals surface area contributed by atoms with Crippen LogP contribution >= 0.6 is 0 Å². The van der Waals surface area contributed by atoms with Gasteiger partial charge < -0.3 is 15.2 Å². The maximum absolute atomic E-state index is 10.9. The largest absolute Gasteiger partial charge is 0.520 e. The third-order valence-corrected chi connectivity index (χ3v) is 3.03. The molecule has 4 nitrogen and oxygen atoms in total. The summed E-state index contributed by atoms with van der Waals surface area (Å²) in [7, 11) is 0. The van der Waals surface area contributed by atoms with Gasteiger partial charge in [-0.2, -0.15) is 6.41 Å². The number of carboxylic acid groups (broad SMARTS) is 1. The molecule has 0 bridgehead atoms. The van der Waals surface area contributed by atoms with Gasteiger partial charge in [-0.1, -0.05) is 54.6 Å². The van der Waals surface area contributed by atoms with Gasteiger partial charge in [0.15, 0.2) is 0 Å². The van der Waals surface area contributed by atoms with E-state index in [0.717, 1.165) is 16.7 Å². The molecule has 2 aromatic carbocycles. The smallest absolute Gasteiger partial charge is 0.323 e. The van der Waals surface area contributed by atoms with Gasteiger partial charge in [0.05, 0.1) is 0 Å². The zero-order valence-corrected chi connectivity index (χ0v) is 13.4. The van der Waals surface area contributed by atoms with Crippen LogP contribution in [-0.4, -0.2) is 23.5 Å². The van der Waals surface area contributed by atoms with Crippen molar-refractivity contribution in [2.24, 2.45) is 0 Å². The average Bonchev–Trinajstić information content (AvgIpc) is 2.48. The standard InChI is InChI=1S/C16H14NO3.Fm/c18-11-17-15(16(19)20)10-12-6-8-14(9-7-12)13-4-2-1-3-5-13;/h1-9,15H,10H2,(H,17,18)(H,19,20);/q-1;/t15-;/m0./s1. The second-order valence-corrected chi connectivity index (χ2v) is 4.40. The monoisotopic (exact) mass is 525 g/mol. The Morgan fingerprint density at radius 2 is 1.62 bits per heavy atom. The van der Waals surface area contributed by atoms with Crippen LogP contribution in [0, 0.1) is 0 Å². The molecule has 5 heteroatoms. The number of carbonyl (C=O) groups is 1. The number of hydrogen-bond donors (Lipinski definition) is 2. The summed E-state index contributed by atoms with van der Waals surface area (Å²) in [5, 5.41) is 11.1. The van der Waals surface area contributed by atoms with Gasteiger partial charge in [0.25, 0.3) is 0 Å². The zero-order valence-electron chi connectivity index (χ0n) is 11.0. The van der Waals surface area contributed by atoms with E-state index in [9.17, 15) is 9.59 Å². The fourth-order valence-electron chi connectivity index (χ4n) is 1.97. The van der Waals surface area contributed by atoms with Crippen LogP contribution in [0.4, 0.5) is 0 Å². The van der Waals surface area contributed by atoms with Crippen LogP contribution in [0.5, 0.6) is 0 Å². The Morgan fingerprint density at radius 3 is 2.14 bits per heavy atom. The summed E-state index contributed by atoms with van der Waals surface area (Å²) in [4.78, 5) is 21.2. The minimum Gasteiger partial charge on any atom is -0.520 e. The molecule has 0 radical (unpaired) electrons. The molecule has 0 aliphatic rings. The summed E-state index contributed by atoms with van der Waals surface area (Å²) < 4.78 is 0. The van der Waals surface area contributed by atoms with Crippen LogP contribution in [0.15, 0.2) is 54.6 Å². The van der Waals surface area contributed by atoms with Crippen molar-refractivity contribution in [1.29, 1.82) is 0 Å². The van der Waals surface area contributed by atoms with Crippen LogP contribution in [0.2, 0.25) is 0 Å². The number of rotatable bonds is 6. The van der Waals surface area contributed by atoms with E-state index >= 15 is 0 Å². The number of carboxylic acids is 1. The Bertz CT molecular complexity index is 584. The Hall–Kier alpha value is -3.62.